The van der Waals surface area contributed by atoms with Gasteiger partial charge in [0.1, 0.15) is 5.69 Å². The summed E-state index contributed by atoms with van der Waals surface area (Å²) >= 11 is 0. The second-order valence-electron chi connectivity index (χ2n) is 5.59. The Morgan fingerprint density at radius 1 is 1.37 bits per heavy atom. The Bertz CT molecular complexity index is 421. The molecule has 1 heterocycles. The van der Waals surface area contributed by atoms with Crippen LogP contribution in [0.5, 0.6) is 0 Å². The molecule has 106 valence electrons. The van der Waals surface area contributed by atoms with Gasteiger partial charge in [0.15, 0.2) is 0 Å². The number of rotatable bonds is 5. The van der Waals surface area contributed by atoms with Crippen LogP contribution in [0.4, 0.5) is 5.69 Å². The van der Waals surface area contributed by atoms with Gasteiger partial charge in [-0.3, -0.25) is 4.79 Å². The van der Waals surface area contributed by atoms with Gasteiger partial charge in [-0.1, -0.05) is 12.8 Å². The quantitative estimate of drug-likeness (QED) is 0.848. The maximum Gasteiger partial charge on any atom is 0.270 e. The summed E-state index contributed by atoms with van der Waals surface area (Å²) in [5.41, 5.74) is 6.90. The molecular formula is C14H24N4O. The Balaban J connectivity index is 2.09. The van der Waals surface area contributed by atoms with Gasteiger partial charge in [-0.25, -0.2) is 0 Å². The van der Waals surface area contributed by atoms with Crippen molar-refractivity contribution < 1.29 is 4.79 Å². The van der Waals surface area contributed by atoms with Gasteiger partial charge in [0.2, 0.25) is 0 Å². The second kappa shape index (κ2) is 6.10. The number of hydrogen-bond donors (Lipinski definition) is 2. The van der Waals surface area contributed by atoms with E-state index >= 15 is 0 Å². The molecule has 3 N–H and O–H groups in total. The lowest BCUT2D eigenvalue weighted by Gasteiger charge is -2.29. The van der Waals surface area contributed by atoms with E-state index < -0.39 is 0 Å². The number of aromatic nitrogens is 1. The summed E-state index contributed by atoms with van der Waals surface area (Å²) < 4.78 is 0. The number of nitrogen functional groups attached to an aromatic ring is 1. The van der Waals surface area contributed by atoms with E-state index in [0.717, 1.165) is 25.9 Å². The Labute approximate surface area is 114 Å². The first-order valence-electron chi connectivity index (χ1n) is 6.97. The average Bonchev–Trinajstić information content (AvgIpc) is 3.00. The number of aromatic amines is 1. The third-order valence-electron chi connectivity index (χ3n) is 3.75. The molecule has 1 aliphatic rings. The zero-order chi connectivity index (χ0) is 13.8. The van der Waals surface area contributed by atoms with Crippen LogP contribution in [0.1, 0.15) is 36.2 Å². The van der Waals surface area contributed by atoms with Crippen LogP contribution in [-0.2, 0) is 0 Å². The molecule has 5 heteroatoms. The molecule has 0 radical (unpaired) electrons. The molecule has 0 spiro atoms. The maximum atomic E-state index is 12.6. The van der Waals surface area contributed by atoms with E-state index in [9.17, 15) is 4.79 Å². The van der Waals surface area contributed by atoms with E-state index in [1.807, 2.05) is 19.0 Å². The smallest absolute Gasteiger partial charge is 0.270 e. The number of nitrogens with zero attached hydrogens (tertiary/aromatic N) is 2. The van der Waals surface area contributed by atoms with Crippen LogP contribution >= 0.6 is 0 Å². The van der Waals surface area contributed by atoms with Crippen LogP contribution in [0.15, 0.2) is 12.3 Å². The van der Waals surface area contributed by atoms with E-state index in [1.165, 1.54) is 12.8 Å². The number of nitrogens with two attached hydrogens (primary N) is 1. The Morgan fingerprint density at radius 2 is 2.05 bits per heavy atom. The van der Waals surface area contributed by atoms with Crippen LogP contribution in [0, 0.1) is 0 Å². The summed E-state index contributed by atoms with van der Waals surface area (Å²) in [6.45, 7) is 1.66. The summed E-state index contributed by atoms with van der Waals surface area (Å²) in [6, 6.07) is 2.11. The van der Waals surface area contributed by atoms with Crippen molar-refractivity contribution in [2.45, 2.75) is 31.7 Å². The summed E-state index contributed by atoms with van der Waals surface area (Å²) in [4.78, 5) is 19.7. The lowest BCUT2D eigenvalue weighted by Crippen LogP contribution is -2.42. The Hall–Kier alpha value is -1.49. The number of carbonyl (C=O) groups excluding carboxylic acids is 1. The third-order valence-corrected chi connectivity index (χ3v) is 3.75. The lowest BCUT2D eigenvalue weighted by molar-refractivity contribution is 0.0662. The Kier molecular flexibility index (Phi) is 4.47. The van der Waals surface area contributed by atoms with Crippen LogP contribution in [0.2, 0.25) is 0 Å². The largest absolute Gasteiger partial charge is 0.397 e. The van der Waals surface area contributed by atoms with Crippen LogP contribution < -0.4 is 5.73 Å². The number of hydrogen-bond acceptors (Lipinski definition) is 3. The molecule has 0 aliphatic heterocycles. The fourth-order valence-electron chi connectivity index (χ4n) is 2.66. The molecule has 1 amide bonds. The molecule has 19 heavy (non-hydrogen) atoms. The predicted octanol–water partition coefficient (Wildman–Crippen LogP) is 1.54. The minimum Gasteiger partial charge on any atom is -0.397 e. The molecule has 1 aromatic heterocycles. The average molecular weight is 264 g/mol. The standard InChI is InChI=1S/C14H24N4O/c1-17(2)7-8-18(12-5-3-4-6-12)14(19)13-9-11(15)10-16-13/h9-10,12,16H,3-8,15H2,1-2H3. The van der Waals surface area contributed by atoms with Crippen molar-refractivity contribution in [2.24, 2.45) is 0 Å². The molecule has 0 unspecified atom stereocenters. The van der Waals surface area contributed by atoms with Gasteiger partial charge >= 0.3 is 0 Å². The van der Waals surface area contributed by atoms with Crippen molar-refractivity contribution >= 4 is 11.6 Å². The number of anilines is 1. The molecule has 2 rings (SSSR count). The van der Waals surface area contributed by atoms with Crippen LogP contribution in [0.3, 0.4) is 0 Å². The van der Waals surface area contributed by atoms with E-state index in [4.69, 9.17) is 5.73 Å². The fraction of sp³-hybridized carbons (Fsp3) is 0.643. The highest BCUT2D eigenvalue weighted by molar-refractivity contribution is 5.93. The molecule has 0 atom stereocenters. The van der Waals surface area contributed by atoms with Gasteiger partial charge < -0.3 is 20.5 Å². The van der Waals surface area contributed by atoms with Gasteiger partial charge in [-0.05, 0) is 33.0 Å². The fourth-order valence-corrected chi connectivity index (χ4v) is 2.66. The van der Waals surface area contributed by atoms with Gasteiger partial charge in [-0.2, -0.15) is 0 Å². The van der Waals surface area contributed by atoms with E-state index in [2.05, 4.69) is 9.88 Å². The van der Waals surface area contributed by atoms with E-state index in [0.29, 0.717) is 17.4 Å². The third kappa shape index (κ3) is 3.50. The number of carbonyl (C=O) groups is 1. The van der Waals surface area contributed by atoms with Gasteiger partial charge in [-0.15, -0.1) is 0 Å². The zero-order valence-electron chi connectivity index (χ0n) is 11.9. The van der Waals surface area contributed by atoms with Gasteiger partial charge in [0.25, 0.3) is 5.91 Å². The van der Waals surface area contributed by atoms with E-state index in [1.54, 1.807) is 12.3 Å². The topological polar surface area (TPSA) is 65.4 Å². The van der Waals surface area contributed by atoms with Crippen molar-refractivity contribution in [2.75, 3.05) is 32.9 Å². The first-order valence-corrected chi connectivity index (χ1v) is 6.97. The number of likely N-dealkylation sites (N-methyl/N-ethyl adjacent to an activating group) is 1. The molecule has 5 nitrogen and oxygen atoms in total. The van der Waals surface area contributed by atoms with Crippen molar-refractivity contribution in [3.05, 3.63) is 18.0 Å². The van der Waals surface area contributed by atoms with Crippen molar-refractivity contribution in [1.82, 2.24) is 14.8 Å². The van der Waals surface area contributed by atoms with Gasteiger partial charge in [0, 0.05) is 31.0 Å². The number of amides is 1. The summed E-state index contributed by atoms with van der Waals surface area (Å²) in [5.74, 6) is 0.0745. The molecular weight excluding hydrogens is 240 g/mol. The van der Waals surface area contributed by atoms with Crippen LogP contribution in [0.25, 0.3) is 0 Å². The normalized spacial score (nSPS) is 16.2. The predicted molar refractivity (Wildman–Crippen MR) is 77.1 cm³/mol. The summed E-state index contributed by atoms with van der Waals surface area (Å²) in [7, 11) is 4.06. The zero-order valence-corrected chi connectivity index (χ0v) is 11.9. The molecule has 1 fully saturated rings. The number of H-pyrrole nitrogens is 1. The molecule has 1 saturated carbocycles. The number of nitrogens with one attached hydrogen (secondary N) is 1. The van der Waals surface area contributed by atoms with E-state index in [-0.39, 0.29) is 5.91 Å². The minimum atomic E-state index is 0.0745. The minimum absolute atomic E-state index is 0.0745. The molecule has 0 aromatic carbocycles. The second-order valence-corrected chi connectivity index (χ2v) is 5.59. The summed E-state index contributed by atoms with van der Waals surface area (Å²) in [5, 5.41) is 0. The van der Waals surface area contributed by atoms with Crippen molar-refractivity contribution in [1.29, 1.82) is 0 Å². The highest BCUT2D eigenvalue weighted by Gasteiger charge is 2.27. The highest BCUT2D eigenvalue weighted by atomic mass is 16.2. The molecule has 0 saturated heterocycles. The van der Waals surface area contributed by atoms with Crippen molar-refractivity contribution in [3.8, 4) is 0 Å². The van der Waals surface area contributed by atoms with Gasteiger partial charge in [0.05, 0.1) is 0 Å². The highest BCUT2D eigenvalue weighted by Crippen LogP contribution is 2.25. The molecule has 1 aromatic rings. The first-order chi connectivity index (χ1) is 9.08. The Morgan fingerprint density at radius 3 is 2.58 bits per heavy atom. The SMILES string of the molecule is CN(C)CCN(C(=O)c1cc(N)c[nH]1)C1CCCC1. The first kappa shape index (κ1) is 13.9. The van der Waals surface area contributed by atoms with Crippen molar-refractivity contribution in [3.63, 3.8) is 0 Å². The summed E-state index contributed by atoms with van der Waals surface area (Å²) in [6.07, 6.45) is 6.36. The lowest BCUT2D eigenvalue weighted by atomic mass is 10.2. The van der Waals surface area contributed by atoms with Crippen LogP contribution in [-0.4, -0.2) is 53.9 Å². The molecule has 0 bridgehead atoms. The monoisotopic (exact) mass is 264 g/mol. The molecule has 1 aliphatic carbocycles. The maximum absolute atomic E-state index is 12.6.